The van der Waals surface area contributed by atoms with Crippen LogP contribution >= 0.6 is 0 Å². The summed E-state index contributed by atoms with van der Waals surface area (Å²) in [7, 11) is 3.86. The summed E-state index contributed by atoms with van der Waals surface area (Å²) < 4.78 is 10.9. The van der Waals surface area contributed by atoms with Crippen LogP contribution in [0.2, 0.25) is 0 Å². The van der Waals surface area contributed by atoms with E-state index in [1.54, 1.807) is 0 Å². The van der Waals surface area contributed by atoms with Crippen molar-refractivity contribution in [1.82, 2.24) is 4.90 Å². The molecule has 7 heteroatoms. The molecule has 0 aliphatic carbocycles. The third kappa shape index (κ3) is 1.90. The summed E-state index contributed by atoms with van der Waals surface area (Å²) in [6.07, 6.45) is -1.03. The lowest BCUT2D eigenvalue weighted by molar-refractivity contribution is -0.769. The Morgan fingerprint density at radius 2 is 2.00 bits per heavy atom. The molecule has 2 rings (SSSR count). The van der Waals surface area contributed by atoms with Gasteiger partial charge in [-0.05, 0) is 14.1 Å². The molecule has 4 atom stereocenters. The number of rotatable bonds is 3. The molecular formula is C8H14N2O5. The van der Waals surface area contributed by atoms with Crippen molar-refractivity contribution in [2.75, 3.05) is 27.3 Å². The first-order valence-corrected chi connectivity index (χ1v) is 4.80. The van der Waals surface area contributed by atoms with Crippen LogP contribution < -0.4 is 0 Å². The maximum absolute atomic E-state index is 10.2. The van der Waals surface area contributed by atoms with E-state index < -0.39 is 11.2 Å². The molecule has 2 fully saturated rings. The van der Waals surface area contributed by atoms with Crippen molar-refractivity contribution in [2.45, 2.75) is 24.4 Å². The highest BCUT2D eigenvalue weighted by molar-refractivity contribution is 4.97. The molecule has 2 saturated heterocycles. The van der Waals surface area contributed by atoms with Gasteiger partial charge in [-0.2, -0.15) is 0 Å². The first kappa shape index (κ1) is 10.6. The fraction of sp³-hybridized carbons (Fsp3) is 1.00. The van der Waals surface area contributed by atoms with Crippen molar-refractivity contribution in [3.8, 4) is 0 Å². The smallest absolute Gasteiger partial charge is 0.294 e. The molecule has 0 unspecified atom stereocenters. The van der Waals surface area contributed by atoms with E-state index in [2.05, 4.69) is 4.84 Å². The lowest BCUT2D eigenvalue weighted by Gasteiger charge is -2.22. The van der Waals surface area contributed by atoms with Gasteiger partial charge in [0.1, 0.15) is 12.2 Å². The molecule has 0 radical (unpaired) electrons. The van der Waals surface area contributed by atoms with Gasteiger partial charge in [0.05, 0.1) is 19.3 Å². The number of fused-ring (bicyclic) bond motifs is 1. The maximum Gasteiger partial charge on any atom is 0.294 e. The van der Waals surface area contributed by atoms with Gasteiger partial charge in [0, 0.05) is 0 Å². The van der Waals surface area contributed by atoms with Gasteiger partial charge in [0.2, 0.25) is 0 Å². The van der Waals surface area contributed by atoms with Crippen LogP contribution in [-0.2, 0) is 14.3 Å². The van der Waals surface area contributed by atoms with Gasteiger partial charge < -0.3 is 19.2 Å². The normalized spacial score (nSPS) is 39.4. The highest BCUT2D eigenvalue weighted by Crippen LogP contribution is 2.30. The molecule has 0 spiro atoms. The van der Waals surface area contributed by atoms with Crippen LogP contribution in [0.5, 0.6) is 0 Å². The Labute approximate surface area is 87.0 Å². The number of hydrogen-bond donors (Lipinski definition) is 0. The van der Waals surface area contributed by atoms with Crippen LogP contribution in [0.1, 0.15) is 0 Å². The van der Waals surface area contributed by atoms with E-state index >= 15 is 0 Å². The summed E-state index contributed by atoms with van der Waals surface area (Å²) in [5, 5.41) is 9.43. The van der Waals surface area contributed by atoms with Crippen molar-refractivity contribution in [2.24, 2.45) is 0 Å². The Hall–Kier alpha value is -0.920. The average Bonchev–Trinajstić information content (AvgIpc) is 2.66. The van der Waals surface area contributed by atoms with E-state index in [1.807, 2.05) is 19.0 Å². The summed E-state index contributed by atoms with van der Waals surface area (Å²) in [4.78, 5) is 16.7. The molecule has 0 bridgehead atoms. The van der Waals surface area contributed by atoms with E-state index in [1.165, 1.54) is 0 Å². The summed E-state index contributed by atoms with van der Waals surface area (Å²) in [5.74, 6) is 0. The second kappa shape index (κ2) is 3.92. The maximum atomic E-state index is 10.2. The van der Waals surface area contributed by atoms with Crippen molar-refractivity contribution in [1.29, 1.82) is 0 Å². The van der Waals surface area contributed by atoms with Crippen LogP contribution in [-0.4, -0.2) is 61.6 Å². The summed E-state index contributed by atoms with van der Waals surface area (Å²) >= 11 is 0. The molecule has 0 N–H and O–H groups in total. The molecule has 2 aliphatic heterocycles. The van der Waals surface area contributed by atoms with Crippen LogP contribution in [0.15, 0.2) is 0 Å². The predicted molar refractivity (Wildman–Crippen MR) is 48.8 cm³/mol. The van der Waals surface area contributed by atoms with E-state index in [0.717, 1.165) is 0 Å². The third-order valence-corrected chi connectivity index (χ3v) is 2.87. The number of hydrogen-bond acceptors (Lipinski definition) is 6. The minimum absolute atomic E-state index is 0.120. The number of ether oxygens (including phenoxy) is 2. The summed E-state index contributed by atoms with van der Waals surface area (Å²) in [5.41, 5.74) is 0. The van der Waals surface area contributed by atoms with E-state index in [9.17, 15) is 10.1 Å². The fourth-order valence-electron chi connectivity index (χ4n) is 2.09. The average molecular weight is 218 g/mol. The quantitative estimate of drug-likeness (QED) is 0.460. The van der Waals surface area contributed by atoms with Gasteiger partial charge in [-0.15, -0.1) is 10.1 Å². The SMILES string of the molecule is CN(C)[C@H]1CO[C@H]2[C@@H]1OC[C@@H]2O[N+](=O)[O-]. The topological polar surface area (TPSA) is 74.1 Å². The molecule has 2 aliphatic rings. The summed E-state index contributed by atoms with van der Waals surface area (Å²) in [6.45, 7) is 0.751. The fourth-order valence-corrected chi connectivity index (χ4v) is 2.09. The van der Waals surface area contributed by atoms with Crippen LogP contribution in [0.25, 0.3) is 0 Å². The molecular weight excluding hydrogens is 204 g/mol. The Balaban J connectivity index is 1.99. The first-order chi connectivity index (χ1) is 7.09. The number of likely N-dealkylation sites (N-methyl/N-ethyl adjacent to an activating group) is 1. The second-order valence-corrected chi connectivity index (χ2v) is 3.99. The highest BCUT2D eigenvalue weighted by atomic mass is 17.0. The summed E-state index contributed by atoms with van der Waals surface area (Å²) in [6, 6.07) is 0.148. The molecule has 0 aromatic heterocycles. The standard InChI is InChI=1S/C8H14N2O5/c1-9(2)5-3-13-8-6(15-10(11)12)4-14-7(5)8/h5-8H,3-4H2,1-2H3/t5-,6-,7+,8+/m0/s1. The largest absolute Gasteiger partial charge is 0.371 e. The van der Waals surface area contributed by atoms with Gasteiger partial charge in [0.15, 0.2) is 6.10 Å². The minimum Gasteiger partial charge on any atom is -0.371 e. The Morgan fingerprint density at radius 1 is 1.33 bits per heavy atom. The molecule has 0 amide bonds. The minimum atomic E-state index is -0.789. The second-order valence-electron chi connectivity index (χ2n) is 3.99. The van der Waals surface area contributed by atoms with Crippen LogP contribution in [0.3, 0.4) is 0 Å². The Morgan fingerprint density at radius 3 is 2.60 bits per heavy atom. The zero-order valence-electron chi connectivity index (χ0n) is 8.66. The molecule has 0 saturated carbocycles. The lowest BCUT2D eigenvalue weighted by atomic mass is 10.1. The monoisotopic (exact) mass is 218 g/mol. The van der Waals surface area contributed by atoms with Gasteiger partial charge in [-0.3, -0.25) is 0 Å². The van der Waals surface area contributed by atoms with Crippen LogP contribution in [0, 0.1) is 10.1 Å². The Bertz CT molecular complexity index is 259. The van der Waals surface area contributed by atoms with Gasteiger partial charge in [-0.1, -0.05) is 0 Å². The third-order valence-electron chi connectivity index (χ3n) is 2.87. The molecule has 86 valence electrons. The number of nitrogens with zero attached hydrogens (tertiary/aromatic N) is 2. The molecule has 0 aromatic rings. The van der Waals surface area contributed by atoms with E-state index in [4.69, 9.17) is 9.47 Å². The molecule has 2 heterocycles. The first-order valence-electron chi connectivity index (χ1n) is 4.80. The zero-order valence-corrected chi connectivity index (χ0v) is 8.66. The molecule has 15 heavy (non-hydrogen) atoms. The van der Waals surface area contributed by atoms with Crippen molar-refractivity contribution in [3.63, 3.8) is 0 Å². The zero-order chi connectivity index (χ0) is 11.0. The van der Waals surface area contributed by atoms with Crippen molar-refractivity contribution >= 4 is 0 Å². The van der Waals surface area contributed by atoms with Crippen molar-refractivity contribution in [3.05, 3.63) is 10.1 Å². The Kier molecular flexibility index (Phi) is 2.76. The molecule has 0 aromatic carbocycles. The lowest BCUT2D eigenvalue weighted by Crippen LogP contribution is -2.40. The molecule has 7 nitrogen and oxygen atoms in total. The van der Waals surface area contributed by atoms with Gasteiger partial charge in [-0.25, -0.2) is 0 Å². The van der Waals surface area contributed by atoms with Gasteiger partial charge in [0.25, 0.3) is 5.09 Å². The van der Waals surface area contributed by atoms with E-state index in [0.29, 0.717) is 6.61 Å². The van der Waals surface area contributed by atoms with Crippen LogP contribution in [0.4, 0.5) is 0 Å². The van der Waals surface area contributed by atoms with E-state index in [-0.39, 0.29) is 24.9 Å². The highest BCUT2D eigenvalue weighted by Gasteiger charge is 2.49. The van der Waals surface area contributed by atoms with Crippen molar-refractivity contribution < 1.29 is 19.4 Å². The van der Waals surface area contributed by atoms with Gasteiger partial charge >= 0.3 is 0 Å². The predicted octanol–water partition coefficient (Wildman–Crippen LogP) is -0.709.